The van der Waals surface area contributed by atoms with Gasteiger partial charge in [-0.2, -0.15) is 13.2 Å². The van der Waals surface area contributed by atoms with E-state index in [1.165, 1.54) is 10.6 Å². The van der Waals surface area contributed by atoms with Gasteiger partial charge in [0.2, 0.25) is 0 Å². The molecule has 0 spiro atoms. The van der Waals surface area contributed by atoms with Gasteiger partial charge >= 0.3 is 6.18 Å². The van der Waals surface area contributed by atoms with Crippen molar-refractivity contribution in [3.8, 4) is 5.69 Å². The van der Waals surface area contributed by atoms with Crippen LogP contribution in [-0.2, 0) is 6.18 Å². The van der Waals surface area contributed by atoms with E-state index >= 15 is 0 Å². The SMILES string of the molecule is O=C(Nc1ncc(C(F)(F)F)s1)c1cccn1-c1c(Cl)cccc1Cl. The van der Waals surface area contributed by atoms with Crippen LogP contribution in [0.2, 0.25) is 10.0 Å². The Kier molecular flexibility index (Phi) is 4.77. The first-order valence-corrected chi connectivity index (χ1v) is 8.30. The molecular weight excluding hydrogens is 398 g/mol. The average Bonchev–Trinajstić information content (AvgIpc) is 3.15. The number of hydrogen-bond donors (Lipinski definition) is 1. The maximum Gasteiger partial charge on any atom is 0.427 e. The summed E-state index contributed by atoms with van der Waals surface area (Å²) in [6.45, 7) is 0. The number of rotatable bonds is 3. The smallest absolute Gasteiger partial charge is 0.310 e. The fraction of sp³-hybridized carbons (Fsp3) is 0.0667. The number of hydrogen-bond acceptors (Lipinski definition) is 3. The monoisotopic (exact) mass is 405 g/mol. The highest BCUT2D eigenvalue weighted by atomic mass is 35.5. The molecule has 2 heterocycles. The molecule has 10 heteroatoms. The Bertz CT molecular complexity index is 916. The molecule has 0 radical (unpaired) electrons. The van der Waals surface area contributed by atoms with Crippen LogP contribution in [0.4, 0.5) is 18.3 Å². The van der Waals surface area contributed by atoms with Gasteiger partial charge in [0.05, 0.1) is 21.9 Å². The average molecular weight is 406 g/mol. The van der Waals surface area contributed by atoms with Crippen LogP contribution < -0.4 is 5.32 Å². The number of carbonyl (C=O) groups is 1. The Morgan fingerprint density at radius 3 is 2.44 bits per heavy atom. The van der Waals surface area contributed by atoms with Crippen LogP contribution in [0, 0.1) is 0 Å². The summed E-state index contributed by atoms with van der Waals surface area (Å²) in [4.78, 5) is 15.1. The zero-order valence-electron chi connectivity index (χ0n) is 12.1. The second kappa shape index (κ2) is 6.70. The maximum atomic E-state index is 12.6. The third-order valence-electron chi connectivity index (χ3n) is 3.17. The number of nitrogens with zero attached hydrogens (tertiary/aromatic N) is 2. The lowest BCUT2D eigenvalue weighted by molar-refractivity contribution is -0.134. The number of thiazole rings is 1. The summed E-state index contributed by atoms with van der Waals surface area (Å²) < 4.78 is 39.3. The molecule has 3 aromatic rings. The molecule has 25 heavy (non-hydrogen) atoms. The number of amides is 1. The molecular formula is C15H8Cl2F3N3OS. The zero-order chi connectivity index (χ0) is 18.2. The fourth-order valence-electron chi connectivity index (χ4n) is 2.10. The van der Waals surface area contributed by atoms with Gasteiger partial charge in [-0.25, -0.2) is 4.98 Å². The van der Waals surface area contributed by atoms with E-state index in [-0.39, 0.29) is 10.8 Å². The number of halogens is 5. The maximum absolute atomic E-state index is 12.6. The molecule has 1 aromatic carbocycles. The first-order valence-electron chi connectivity index (χ1n) is 6.73. The van der Waals surface area contributed by atoms with Crippen molar-refractivity contribution in [3.05, 3.63) is 63.3 Å². The molecule has 0 unspecified atom stereocenters. The molecule has 130 valence electrons. The van der Waals surface area contributed by atoms with Crippen molar-refractivity contribution in [2.24, 2.45) is 0 Å². The summed E-state index contributed by atoms with van der Waals surface area (Å²) in [7, 11) is 0. The number of benzene rings is 1. The van der Waals surface area contributed by atoms with E-state index in [9.17, 15) is 18.0 Å². The molecule has 0 aliphatic heterocycles. The predicted molar refractivity (Wildman–Crippen MR) is 90.9 cm³/mol. The van der Waals surface area contributed by atoms with Gasteiger partial charge in [-0.05, 0) is 24.3 Å². The third kappa shape index (κ3) is 3.65. The van der Waals surface area contributed by atoms with Crippen molar-refractivity contribution < 1.29 is 18.0 Å². The number of nitrogens with one attached hydrogen (secondary N) is 1. The zero-order valence-corrected chi connectivity index (χ0v) is 14.5. The van der Waals surface area contributed by atoms with E-state index in [1.807, 2.05) is 0 Å². The lowest BCUT2D eigenvalue weighted by Gasteiger charge is -2.12. The van der Waals surface area contributed by atoms with E-state index in [0.29, 0.717) is 33.3 Å². The molecule has 0 fully saturated rings. The van der Waals surface area contributed by atoms with E-state index in [2.05, 4.69) is 10.3 Å². The molecule has 2 aromatic heterocycles. The third-order valence-corrected chi connectivity index (χ3v) is 4.73. The summed E-state index contributed by atoms with van der Waals surface area (Å²) >= 11 is 12.6. The molecule has 0 aliphatic carbocycles. The van der Waals surface area contributed by atoms with Gasteiger partial charge in [-0.3, -0.25) is 10.1 Å². The van der Waals surface area contributed by atoms with Gasteiger partial charge in [0.1, 0.15) is 10.6 Å². The second-order valence-corrected chi connectivity index (χ2v) is 6.66. The van der Waals surface area contributed by atoms with E-state index in [0.717, 1.165) is 0 Å². The Balaban J connectivity index is 1.90. The highest BCUT2D eigenvalue weighted by Gasteiger charge is 2.33. The van der Waals surface area contributed by atoms with Crippen molar-refractivity contribution in [2.45, 2.75) is 6.18 Å². The van der Waals surface area contributed by atoms with Crippen LogP contribution in [-0.4, -0.2) is 15.5 Å². The molecule has 0 saturated heterocycles. The van der Waals surface area contributed by atoms with Gasteiger partial charge in [0.15, 0.2) is 5.13 Å². The Labute approximate surface area is 153 Å². The Morgan fingerprint density at radius 2 is 1.84 bits per heavy atom. The van der Waals surface area contributed by atoms with Gasteiger partial charge < -0.3 is 4.57 Å². The van der Waals surface area contributed by atoms with Gasteiger partial charge in [-0.1, -0.05) is 40.6 Å². The minimum atomic E-state index is -4.51. The first-order chi connectivity index (χ1) is 11.8. The molecule has 0 atom stereocenters. The van der Waals surface area contributed by atoms with Gasteiger partial charge in [0, 0.05) is 6.20 Å². The largest absolute Gasteiger partial charge is 0.427 e. The second-order valence-electron chi connectivity index (χ2n) is 4.82. The van der Waals surface area contributed by atoms with E-state index < -0.39 is 17.0 Å². The van der Waals surface area contributed by atoms with Crippen LogP contribution >= 0.6 is 34.5 Å². The van der Waals surface area contributed by atoms with Crippen molar-refractivity contribution in [3.63, 3.8) is 0 Å². The summed E-state index contributed by atoms with van der Waals surface area (Å²) in [5.74, 6) is -0.635. The summed E-state index contributed by atoms with van der Waals surface area (Å²) in [5, 5.41) is 2.84. The lowest BCUT2D eigenvalue weighted by Crippen LogP contribution is -2.16. The highest BCUT2D eigenvalue weighted by molar-refractivity contribution is 7.15. The Morgan fingerprint density at radius 1 is 1.16 bits per heavy atom. The van der Waals surface area contributed by atoms with Crippen molar-refractivity contribution in [1.29, 1.82) is 0 Å². The van der Waals surface area contributed by atoms with Crippen molar-refractivity contribution in [1.82, 2.24) is 9.55 Å². The van der Waals surface area contributed by atoms with E-state index in [1.54, 1.807) is 30.5 Å². The summed E-state index contributed by atoms with van der Waals surface area (Å²) in [5.41, 5.74) is 0.551. The number of anilines is 1. The first kappa shape index (κ1) is 17.8. The standard InChI is InChI=1S/C15H8Cl2F3N3OS/c16-8-3-1-4-9(17)12(8)23-6-2-5-10(23)13(24)22-14-21-7-11(25-14)15(18,19)20/h1-7H,(H,21,22,24). The fourth-order valence-corrected chi connectivity index (χ4v) is 3.36. The van der Waals surface area contributed by atoms with Gasteiger partial charge in [-0.15, -0.1) is 0 Å². The molecule has 0 bridgehead atoms. The van der Waals surface area contributed by atoms with Crippen LogP contribution in [0.5, 0.6) is 0 Å². The minimum Gasteiger partial charge on any atom is -0.310 e. The highest BCUT2D eigenvalue weighted by Crippen LogP contribution is 2.35. The molecule has 1 N–H and O–H groups in total. The lowest BCUT2D eigenvalue weighted by atomic mass is 10.3. The Hall–Kier alpha value is -2.03. The molecule has 1 amide bonds. The number of carbonyl (C=O) groups excluding carboxylic acids is 1. The van der Waals surface area contributed by atoms with Gasteiger partial charge in [0.25, 0.3) is 5.91 Å². The van der Waals surface area contributed by atoms with E-state index in [4.69, 9.17) is 23.2 Å². The van der Waals surface area contributed by atoms with Crippen LogP contribution in [0.25, 0.3) is 5.69 Å². The topological polar surface area (TPSA) is 46.9 Å². The summed E-state index contributed by atoms with van der Waals surface area (Å²) in [6.07, 6.45) is -2.26. The van der Waals surface area contributed by atoms with Crippen LogP contribution in [0.15, 0.2) is 42.7 Å². The van der Waals surface area contributed by atoms with Crippen molar-refractivity contribution in [2.75, 3.05) is 5.32 Å². The number of para-hydroxylation sites is 1. The predicted octanol–water partition coefficient (Wildman–Crippen LogP) is 5.51. The normalized spacial score (nSPS) is 11.6. The molecule has 3 rings (SSSR count). The number of alkyl halides is 3. The molecule has 0 aliphatic rings. The summed E-state index contributed by atoms with van der Waals surface area (Å²) in [6, 6.07) is 7.97. The van der Waals surface area contributed by atoms with Crippen LogP contribution in [0.1, 0.15) is 15.4 Å². The van der Waals surface area contributed by atoms with Crippen molar-refractivity contribution >= 4 is 45.6 Å². The minimum absolute atomic E-state index is 0.152. The molecule has 0 saturated carbocycles. The van der Waals surface area contributed by atoms with Crippen LogP contribution in [0.3, 0.4) is 0 Å². The number of aromatic nitrogens is 2. The quantitative estimate of drug-likeness (QED) is 0.624. The molecule has 4 nitrogen and oxygen atoms in total.